The molecule has 2 heteroatoms. The maximum atomic E-state index is 10.2. The van der Waals surface area contributed by atoms with Crippen LogP contribution in [0.5, 0.6) is 0 Å². The molecule has 2 aromatic rings. The summed E-state index contributed by atoms with van der Waals surface area (Å²) in [4.78, 5) is 1.21. The second kappa shape index (κ2) is 6.07. The number of thioether (sulfide) groups is 1. The van der Waals surface area contributed by atoms with Crippen LogP contribution in [-0.2, 0) is 0 Å². The van der Waals surface area contributed by atoms with E-state index in [4.69, 9.17) is 0 Å². The van der Waals surface area contributed by atoms with E-state index < -0.39 is 6.10 Å². The van der Waals surface area contributed by atoms with Crippen molar-refractivity contribution in [1.82, 2.24) is 0 Å². The molecule has 0 fully saturated rings. The number of aliphatic hydroxyl groups excluding tert-OH is 1. The zero-order valence-corrected chi connectivity index (χ0v) is 11.6. The Kier molecular flexibility index (Phi) is 4.45. The van der Waals surface area contributed by atoms with Crippen LogP contribution >= 0.6 is 11.8 Å². The summed E-state index contributed by atoms with van der Waals surface area (Å²) in [6.45, 7) is 4.13. The first kappa shape index (κ1) is 13.2. The van der Waals surface area contributed by atoms with Gasteiger partial charge in [0, 0.05) is 10.6 Å². The Morgan fingerprint density at radius 1 is 1.00 bits per heavy atom. The fraction of sp³-hybridized carbons (Fsp3) is 0.250. The van der Waals surface area contributed by atoms with Crippen LogP contribution in [0.25, 0.3) is 0 Å². The van der Waals surface area contributed by atoms with Crippen molar-refractivity contribution in [3.63, 3.8) is 0 Å². The Morgan fingerprint density at radius 2 is 1.67 bits per heavy atom. The highest BCUT2D eigenvalue weighted by Gasteiger charge is 2.08. The van der Waals surface area contributed by atoms with Gasteiger partial charge < -0.3 is 5.11 Å². The summed E-state index contributed by atoms with van der Waals surface area (Å²) in [5, 5.41) is 10.2. The average molecular weight is 258 g/mol. The van der Waals surface area contributed by atoms with Crippen molar-refractivity contribution in [3.8, 4) is 0 Å². The molecule has 1 atom stereocenters. The van der Waals surface area contributed by atoms with Crippen molar-refractivity contribution in [3.05, 3.63) is 65.2 Å². The third kappa shape index (κ3) is 3.62. The quantitative estimate of drug-likeness (QED) is 0.832. The van der Waals surface area contributed by atoms with Gasteiger partial charge >= 0.3 is 0 Å². The first-order valence-corrected chi connectivity index (χ1v) is 7.08. The topological polar surface area (TPSA) is 20.2 Å². The van der Waals surface area contributed by atoms with E-state index in [9.17, 15) is 5.11 Å². The van der Waals surface area contributed by atoms with Gasteiger partial charge in [0.2, 0.25) is 0 Å². The highest BCUT2D eigenvalue weighted by Crippen LogP contribution is 2.25. The predicted octanol–water partition coefficient (Wildman–Crippen LogP) is 4.13. The molecular weight excluding hydrogens is 240 g/mol. The third-order valence-electron chi connectivity index (χ3n) is 2.82. The van der Waals surface area contributed by atoms with Crippen LogP contribution in [0.1, 0.15) is 22.8 Å². The molecule has 0 saturated carbocycles. The SMILES string of the molecule is Cc1cccc(SCC(O)c2cccc(C)c2)c1. The Labute approximate surface area is 113 Å². The van der Waals surface area contributed by atoms with Crippen LogP contribution < -0.4 is 0 Å². The number of aliphatic hydroxyl groups is 1. The molecule has 0 aliphatic rings. The van der Waals surface area contributed by atoms with Gasteiger partial charge in [0.15, 0.2) is 0 Å². The molecule has 2 aromatic carbocycles. The first-order chi connectivity index (χ1) is 8.65. The van der Waals surface area contributed by atoms with Crippen LogP contribution in [0.2, 0.25) is 0 Å². The van der Waals surface area contributed by atoms with Crippen molar-refractivity contribution >= 4 is 11.8 Å². The number of hydrogen-bond donors (Lipinski definition) is 1. The number of hydrogen-bond acceptors (Lipinski definition) is 2. The Balaban J connectivity index is 1.98. The fourth-order valence-corrected chi connectivity index (χ4v) is 2.84. The average Bonchev–Trinajstić information content (AvgIpc) is 2.36. The lowest BCUT2D eigenvalue weighted by Gasteiger charge is -2.11. The molecule has 1 unspecified atom stereocenters. The molecule has 0 amide bonds. The summed E-state index contributed by atoms with van der Waals surface area (Å²) in [6.07, 6.45) is -0.407. The highest BCUT2D eigenvalue weighted by molar-refractivity contribution is 7.99. The van der Waals surface area contributed by atoms with Crippen molar-refractivity contribution in [2.24, 2.45) is 0 Å². The lowest BCUT2D eigenvalue weighted by Crippen LogP contribution is -2.00. The summed E-state index contributed by atoms with van der Waals surface area (Å²) < 4.78 is 0. The van der Waals surface area contributed by atoms with Gasteiger partial charge in [-0.05, 0) is 31.5 Å². The summed E-state index contributed by atoms with van der Waals surface area (Å²) >= 11 is 1.69. The molecule has 0 aromatic heterocycles. The smallest absolute Gasteiger partial charge is 0.0884 e. The maximum Gasteiger partial charge on any atom is 0.0884 e. The predicted molar refractivity (Wildman–Crippen MR) is 78.0 cm³/mol. The Hall–Kier alpha value is -1.25. The largest absolute Gasteiger partial charge is 0.388 e. The Morgan fingerprint density at radius 3 is 2.33 bits per heavy atom. The lowest BCUT2D eigenvalue weighted by atomic mass is 10.1. The van der Waals surface area contributed by atoms with E-state index in [0.717, 1.165) is 5.56 Å². The van der Waals surface area contributed by atoms with E-state index in [2.05, 4.69) is 31.2 Å². The Bertz CT molecular complexity index is 522. The second-order valence-electron chi connectivity index (χ2n) is 4.56. The maximum absolute atomic E-state index is 10.2. The molecule has 0 aliphatic heterocycles. The van der Waals surface area contributed by atoms with Gasteiger partial charge in [-0.15, -0.1) is 11.8 Å². The fourth-order valence-electron chi connectivity index (χ4n) is 1.85. The van der Waals surface area contributed by atoms with E-state index in [0.29, 0.717) is 5.75 Å². The zero-order chi connectivity index (χ0) is 13.0. The molecular formula is C16H18OS. The second-order valence-corrected chi connectivity index (χ2v) is 5.65. The summed E-state index contributed by atoms with van der Waals surface area (Å²) in [6, 6.07) is 16.4. The van der Waals surface area contributed by atoms with Crippen LogP contribution in [0.3, 0.4) is 0 Å². The molecule has 1 nitrogen and oxygen atoms in total. The van der Waals surface area contributed by atoms with Crippen LogP contribution in [0, 0.1) is 13.8 Å². The van der Waals surface area contributed by atoms with Gasteiger partial charge in [-0.2, -0.15) is 0 Å². The lowest BCUT2D eigenvalue weighted by molar-refractivity contribution is 0.204. The molecule has 0 saturated heterocycles. The van der Waals surface area contributed by atoms with Crippen LogP contribution in [0.4, 0.5) is 0 Å². The summed E-state index contributed by atoms with van der Waals surface area (Å²) in [7, 11) is 0. The summed E-state index contributed by atoms with van der Waals surface area (Å²) in [5.74, 6) is 0.687. The van der Waals surface area contributed by atoms with Crippen molar-refractivity contribution in [2.45, 2.75) is 24.8 Å². The van der Waals surface area contributed by atoms with Crippen LogP contribution in [0.15, 0.2) is 53.4 Å². The van der Waals surface area contributed by atoms with E-state index in [1.54, 1.807) is 11.8 Å². The van der Waals surface area contributed by atoms with Gasteiger partial charge in [-0.1, -0.05) is 47.5 Å². The van der Waals surface area contributed by atoms with Crippen LogP contribution in [-0.4, -0.2) is 10.9 Å². The molecule has 1 N–H and O–H groups in total. The summed E-state index contributed by atoms with van der Waals surface area (Å²) in [5.41, 5.74) is 3.44. The third-order valence-corrected chi connectivity index (χ3v) is 3.89. The van der Waals surface area contributed by atoms with Crippen molar-refractivity contribution < 1.29 is 5.11 Å². The van der Waals surface area contributed by atoms with Gasteiger partial charge in [-0.25, -0.2) is 0 Å². The number of aryl methyl sites for hydroxylation is 2. The van der Waals surface area contributed by atoms with E-state index >= 15 is 0 Å². The minimum atomic E-state index is -0.407. The molecule has 0 heterocycles. The first-order valence-electron chi connectivity index (χ1n) is 6.09. The molecule has 0 spiro atoms. The zero-order valence-electron chi connectivity index (χ0n) is 10.8. The van der Waals surface area contributed by atoms with Crippen molar-refractivity contribution in [2.75, 3.05) is 5.75 Å². The molecule has 94 valence electrons. The van der Waals surface area contributed by atoms with E-state index in [-0.39, 0.29) is 0 Å². The normalized spacial score (nSPS) is 12.4. The molecule has 2 rings (SSSR count). The van der Waals surface area contributed by atoms with Gasteiger partial charge in [0.05, 0.1) is 6.10 Å². The standard InChI is InChI=1S/C16H18OS/c1-12-5-3-7-14(9-12)16(17)11-18-15-8-4-6-13(2)10-15/h3-10,16-17H,11H2,1-2H3. The molecule has 0 radical (unpaired) electrons. The minimum absolute atomic E-state index is 0.407. The van der Waals surface area contributed by atoms with Gasteiger partial charge in [-0.3, -0.25) is 0 Å². The monoisotopic (exact) mass is 258 g/mol. The number of rotatable bonds is 4. The highest BCUT2D eigenvalue weighted by atomic mass is 32.2. The minimum Gasteiger partial charge on any atom is -0.388 e. The molecule has 0 bridgehead atoms. The number of benzene rings is 2. The van der Waals surface area contributed by atoms with Gasteiger partial charge in [0.1, 0.15) is 0 Å². The molecule has 0 aliphatic carbocycles. The van der Waals surface area contributed by atoms with E-state index in [1.165, 1.54) is 16.0 Å². The van der Waals surface area contributed by atoms with Crippen molar-refractivity contribution in [1.29, 1.82) is 0 Å². The molecule has 18 heavy (non-hydrogen) atoms. The van der Waals surface area contributed by atoms with E-state index in [1.807, 2.05) is 31.2 Å². The van der Waals surface area contributed by atoms with Gasteiger partial charge in [0.25, 0.3) is 0 Å².